The average Bonchev–Trinajstić information content (AvgIpc) is 2.63. The molecule has 4 nitrogen and oxygen atoms in total. The van der Waals surface area contributed by atoms with Crippen molar-refractivity contribution < 1.29 is 5.11 Å². The Morgan fingerprint density at radius 3 is 2.50 bits per heavy atom. The number of rotatable bonds is 3. The van der Waals surface area contributed by atoms with E-state index in [0.29, 0.717) is 11.4 Å². The highest BCUT2D eigenvalue weighted by Crippen LogP contribution is 2.25. The minimum atomic E-state index is 0.200. The fraction of sp³-hybridized carbons (Fsp3) is 0. The standard InChI is InChI=1S/C20H15N3O/c24-19-11-9-14-5-1-3-7-16(14)17(19)13-21-23-20-12-10-15-6-2-4-8-18(15)22-20/h1-13,24H,(H,22,23). The highest BCUT2D eigenvalue weighted by Gasteiger charge is 2.04. The van der Waals surface area contributed by atoms with E-state index in [1.54, 1.807) is 12.3 Å². The molecule has 0 aliphatic rings. The summed E-state index contributed by atoms with van der Waals surface area (Å²) < 4.78 is 0. The summed E-state index contributed by atoms with van der Waals surface area (Å²) >= 11 is 0. The number of pyridine rings is 1. The van der Waals surface area contributed by atoms with Crippen molar-refractivity contribution in [1.82, 2.24) is 4.98 Å². The Balaban J connectivity index is 1.64. The maximum atomic E-state index is 10.1. The van der Waals surface area contributed by atoms with Gasteiger partial charge in [0.25, 0.3) is 0 Å². The number of hydrazone groups is 1. The lowest BCUT2D eigenvalue weighted by atomic mass is 10.0. The van der Waals surface area contributed by atoms with Crippen LogP contribution >= 0.6 is 0 Å². The smallest absolute Gasteiger partial charge is 0.146 e. The van der Waals surface area contributed by atoms with E-state index in [2.05, 4.69) is 15.5 Å². The summed E-state index contributed by atoms with van der Waals surface area (Å²) in [4.78, 5) is 4.50. The van der Waals surface area contributed by atoms with E-state index in [9.17, 15) is 5.11 Å². The minimum Gasteiger partial charge on any atom is -0.507 e. The number of anilines is 1. The van der Waals surface area contributed by atoms with Crippen molar-refractivity contribution in [3.63, 3.8) is 0 Å². The molecule has 4 heteroatoms. The molecule has 4 aromatic rings. The van der Waals surface area contributed by atoms with E-state index >= 15 is 0 Å². The normalized spacial score (nSPS) is 11.3. The maximum absolute atomic E-state index is 10.1. The number of aromatic hydroxyl groups is 1. The van der Waals surface area contributed by atoms with E-state index in [-0.39, 0.29) is 5.75 Å². The van der Waals surface area contributed by atoms with Crippen molar-refractivity contribution >= 4 is 33.7 Å². The van der Waals surface area contributed by atoms with E-state index in [4.69, 9.17) is 0 Å². The largest absolute Gasteiger partial charge is 0.507 e. The van der Waals surface area contributed by atoms with Gasteiger partial charge in [-0.15, -0.1) is 0 Å². The Labute approximate surface area is 139 Å². The van der Waals surface area contributed by atoms with Crippen molar-refractivity contribution in [1.29, 1.82) is 0 Å². The van der Waals surface area contributed by atoms with Gasteiger partial charge in [0.2, 0.25) is 0 Å². The molecule has 1 heterocycles. The van der Waals surface area contributed by atoms with Crippen LogP contribution in [-0.2, 0) is 0 Å². The van der Waals surface area contributed by atoms with Gasteiger partial charge in [-0.3, -0.25) is 5.43 Å². The van der Waals surface area contributed by atoms with Gasteiger partial charge in [-0.25, -0.2) is 4.98 Å². The molecule has 0 aliphatic carbocycles. The van der Waals surface area contributed by atoms with E-state index in [1.165, 1.54) is 0 Å². The van der Waals surface area contributed by atoms with E-state index < -0.39 is 0 Å². The number of phenolic OH excluding ortho intramolecular Hbond substituents is 1. The minimum absolute atomic E-state index is 0.200. The number of nitrogens with one attached hydrogen (secondary N) is 1. The molecular formula is C20H15N3O. The van der Waals surface area contributed by atoms with Crippen LogP contribution in [0.1, 0.15) is 5.56 Å². The first kappa shape index (κ1) is 14.2. The monoisotopic (exact) mass is 313 g/mol. The van der Waals surface area contributed by atoms with E-state index in [1.807, 2.05) is 66.7 Å². The van der Waals surface area contributed by atoms with Crippen LogP contribution in [-0.4, -0.2) is 16.3 Å². The lowest BCUT2D eigenvalue weighted by Gasteiger charge is -2.05. The Bertz CT molecular complexity index is 1060. The van der Waals surface area contributed by atoms with Gasteiger partial charge in [-0.05, 0) is 35.0 Å². The summed E-state index contributed by atoms with van der Waals surface area (Å²) in [5.74, 6) is 0.857. The van der Waals surface area contributed by atoms with E-state index in [0.717, 1.165) is 21.7 Å². The van der Waals surface area contributed by atoms with Crippen LogP contribution in [0.2, 0.25) is 0 Å². The molecule has 24 heavy (non-hydrogen) atoms. The summed E-state index contributed by atoms with van der Waals surface area (Å²) in [6, 6.07) is 23.2. The van der Waals surface area contributed by atoms with Gasteiger partial charge in [0.15, 0.2) is 0 Å². The second-order valence-electron chi connectivity index (χ2n) is 5.48. The third-order valence-corrected chi connectivity index (χ3v) is 3.92. The summed E-state index contributed by atoms with van der Waals surface area (Å²) in [6.07, 6.45) is 1.62. The quantitative estimate of drug-likeness (QED) is 0.431. The molecule has 0 atom stereocenters. The van der Waals surface area contributed by atoms with Crippen LogP contribution in [0, 0.1) is 0 Å². The summed E-state index contributed by atoms with van der Waals surface area (Å²) in [5.41, 5.74) is 4.51. The molecule has 116 valence electrons. The molecule has 0 saturated heterocycles. The van der Waals surface area contributed by atoms with Gasteiger partial charge < -0.3 is 5.11 Å². The Hall–Kier alpha value is -3.40. The zero-order chi connectivity index (χ0) is 16.4. The second kappa shape index (κ2) is 6.01. The number of phenols is 1. The van der Waals surface area contributed by atoms with Crippen molar-refractivity contribution in [3.8, 4) is 5.75 Å². The predicted octanol–water partition coefficient (Wildman–Crippen LogP) is 4.54. The van der Waals surface area contributed by atoms with Crippen molar-refractivity contribution in [3.05, 3.63) is 78.4 Å². The SMILES string of the molecule is Oc1ccc2ccccc2c1C=NNc1ccc2ccccc2n1. The highest BCUT2D eigenvalue weighted by molar-refractivity contribution is 6.02. The third kappa shape index (κ3) is 2.65. The number of hydrogen-bond donors (Lipinski definition) is 2. The topological polar surface area (TPSA) is 57.5 Å². The Kier molecular flexibility index (Phi) is 3.56. The number of fused-ring (bicyclic) bond motifs is 2. The van der Waals surface area contributed by atoms with Crippen LogP contribution in [0.3, 0.4) is 0 Å². The number of hydrogen-bond acceptors (Lipinski definition) is 4. The molecule has 0 saturated carbocycles. The molecule has 0 amide bonds. The van der Waals surface area contributed by atoms with Gasteiger partial charge in [-0.1, -0.05) is 48.5 Å². The van der Waals surface area contributed by atoms with Crippen molar-refractivity contribution in [2.24, 2.45) is 5.10 Å². The van der Waals surface area contributed by atoms with Crippen molar-refractivity contribution in [2.45, 2.75) is 0 Å². The molecular weight excluding hydrogens is 298 g/mol. The number of benzene rings is 3. The van der Waals surface area contributed by atoms with Crippen LogP contribution in [0.15, 0.2) is 77.9 Å². The highest BCUT2D eigenvalue weighted by atomic mass is 16.3. The lowest BCUT2D eigenvalue weighted by molar-refractivity contribution is 0.475. The molecule has 0 fully saturated rings. The molecule has 0 radical (unpaired) electrons. The van der Waals surface area contributed by atoms with Gasteiger partial charge in [-0.2, -0.15) is 5.10 Å². The predicted molar refractivity (Wildman–Crippen MR) is 98.6 cm³/mol. The molecule has 4 rings (SSSR count). The van der Waals surface area contributed by atoms with Crippen LogP contribution in [0.4, 0.5) is 5.82 Å². The van der Waals surface area contributed by atoms with Gasteiger partial charge >= 0.3 is 0 Å². The summed E-state index contributed by atoms with van der Waals surface area (Å²) in [5, 5.41) is 17.4. The zero-order valence-corrected chi connectivity index (χ0v) is 12.8. The molecule has 0 unspecified atom stereocenters. The number of nitrogens with zero attached hydrogens (tertiary/aromatic N) is 2. The molecule has 2 N–H and O–H groups in total. The molecule has 0 spiro atoms. The Morgan fingerprint density at radius 1 is 0.833 bits per heavy atom. The van der Waals surface area contributed by atoms with Crippen LogP contribution < -0.4 is 5.43 Å². The number of aromatic nitrogens is 1. The average molecular weight is 313 g/mol. The molecule has 0 aliphatic heterocycles. The molecule has 0 bridgehead atoms. The van der Waals surface area contributed by atoms with Gasteiger partial charge in [0.05, 0.1) is 11.7 Å². The van der Waals surface area contributed by atoms with Crippen molar-refractivity contribution in [2.75, 3.05) is 5.43 Å². The molecule has 1 aromatic heterocycles. The molecule has 3 aromatic carbocycles. The number of para-hydroxylation sites is 1. The fourth-order valence-electron chi connectivity index (χ4n) is 2.71. The zero-order valence-electron chi connectivity index (χ0n) is 12.8. The third-order valence-electron chi connectivity index (χ3n) is 3.92. The first-order valence-corrected chi connectivity index (χ1v) is 7.67. The first-order chi connectivity index (χ1) is 11.8. The first-order valence-electron chi connectivity index (χ1n) is 7.67. The van der Waals surface area contributed by atoms with Crippen LogP contribution in [0.25, 0.3) is 21.7 Å². The second-order valence-corrected chi connectivity index (χ2v) is 5.48. The summed E-state index contributed by atoms with van der Waals surface area (Å²) in [6.45, 7) is 0. The summed E-state index contributed by atoms with van der Waals surface area (Å²) in [7, 11) is 0. The maximum Gasteiger partial charge on any atom is 0.146 e. The van der Waals surface area contributed by atoms with Crippen LogP contribution in [0.5, 0.6) is 5.75 Å². The van der Waals surface area contributed by atoms with Gasteiger partial charge in [0, 0.05) is 10.9 Å². The van der Waals surface area contributed by atoms with Gasteiger partial charge in [0.1, 0.15) is 11.6 Å². The lowest BCUT2D eigenvalue weighted by Crippen LogP contribution is -1.94. The Morgan fingerprint density at radius 2 is 1.58 bits per heavy atom. The fourth-order valence-corrected chi connectivity index (χ4v) is 2.71.